The van der Waals surface area contributed by atoms with E-state index < -0.39 is 15.8 Å². The summed E-state index contributed by atoms with van der Waals surface area (Å²) in [4.78, 5) is 15.6. The van der Waals surface area contributed by atoms with Crippen molar-refractivity contribution < 1.29 is 37.3 Å². The quantitative estimate of drug-likeness (QED) is 0.304. The monoisotopic (exact) mass is 581 g/mol. The van der Waals surface area contributed by atoms with E-state index in [0.717, 1.165) is 52.0 Å². The second kappa shape index (κ2) is 11.6. The van der Waals surface area contributed by atoms with Gasteiger partial charge in [-0.05, 0) is 79.1 Å². The number of benzene rings is 2. The van der Waals surface area contributed by atoms with Crippen molar-refractivity contribution in [1.82, 2.24) is 4.98 Å². The molecule has 2 heterocycles. The predicted molar refractivity (Wildman–Crippen MR) is 154 cm³/mol. The molecule has 1 N–H and O–H groups in total. The first-order valence-electron chi connectivity index (χ1n) is 13.7. The van der Waals surface area contributed by atoms with Gasteiger partial charge in [0.2, 0.25) is 5.88 Å². The van der Waals surface area contributed by atoms with Gasteiger partial charge in [0, 0.05) is 35.6 Å². The van der Waals surface area contributed by atoms with E-state index in [0.29, 0.717) is 37.0 Å². The second-order valence-corrected chi connectivity index (χ2v) is 13.0. The molecule has 0 radical (unpaired) electrons. The van der Waals surface area contributed by atoms with Gasteiger partial charge in [-0.15, -0.1) is 0 Å². The Morgan fingerprint density at radius 1 is 1.12 bits per heavy atom. The number of hydrogen-bond acceptors (Lipinski definition) is 8. The fourth-order valence-corrected chi connectivity index (χ4v) is 6.50. The summed E-state index contributed by atoms with van der Waals surface area (Å²) in [7, 11) is -1.35. The molecule has 1 aliphatic carbocycles. The van der Waals surface area contributed by atoms with Crippen molar-refractivity contribution in [2.24, 2.45) is 0 Å². The van der Waals surface area contributed by atoms with Gasteiger partial charge in [0.1, 0.15) is 33.2 Å². The zero-order chi connectivity index (χ0) is 29.3. The van der Waals surface area contributed by atoms with Crippen molar-refractivity contribution in [2.45, 2.75) is 51.6 Å². The number of carboxylic acids is 1. The highest BCUT2D eigenvalue weighted by atomic mass is 32.2. The molecule has 218 valence electrons. The molecule has 2 unspecified atom stereocenters. The molecule has 1 aromatic heterocycles. The average molecular weight is 582 g/mol. The summed E-state index contributed by atoms with van der Waals surface area (Å²) in [6, 6.07) is 9.74. The highest BCUT2D eigenvalue weighted by Crippen LogP contribution is 2.47. The van der Waals surface area contributed by atoms with Crippen molar-refractivity contribution in [3.8, 4) is 34.3 Å². The largest absolute Gasteiger partial charge is 0.496 e. The minimum absolute atomic E-state index is 0.00458. The van der Waals surface area contributed by atoms with Crippen molar-refractivity contribution in [3.63, 3.8) is 0 Å². The first-order chi connectivity index (χ1) is 19.5. The van der Waals surface area contributed by atoms with Gasteiger partial charge < -0.3 is 24.1 Å². The first-order valence-corrected chi connectivity index (χ1v) is 15.7. The van der Waals surface area contributed by atoms with Gasteiger partial charge in [-0.1, -0.05) is 6.07 Å². The highest BCUT2D eigenvalue weighted by Gasteiger charge is 2.32. The Kier molecular flexibility index (Phi) is 8.13. The summed E-state index contributed by atoms with van der Waals surface area (Å²) in [5, 5.41) is 9.16. The molecule has 41 heavy (non-hydrogen) atoms. The summed E-state index contributed by atoms with van der Waals surface area (Å²) in [5.41, 5.74) is 7.23. The Morgan fingerprint density at radius 3 is 2.56 bits per heavy atom. The van der Waals surface area contributed by atoms with E-state index in [-0.39, 0.29) is 24.2 Å². The number of pyridine rings is 1. The number of nitrogens with zero attached hydrogens (tertiary/aromatic N) is 1. The normalized spacial score (nSPS) is 17.5. The van der Waals surface area contributed by atoms with Crippen LogP contribution in [0.3, 0.4) is 0 Å². The van der Waals surface area contributed by atoms with E-state index in [1.54, 1.807) is 19.4 Å². The third-order valence-electron chi connectivity index (χ3n) is 7.65. The van der Waals surface area contributed by atoms with Crippen LogP contribution in [-0.2, 0) is 21.1 Å². The maximum absolute atomic E-state index is 11.4. The van der Waals surface area contributed by atoms with Crippen molar-refractivity contribution in [3.05, 3.63) is 64.3 Å². The molecule has 0 saturated carbocycles. The standard InChI is InChI=1S/C31H35NO8S/c1-18-12-21(38-10-5-11-41(4,35)36)13-19(2)30(18)31-23-7-8-25(22(23)6-9-26(31)37-3)40-28-15-27-24(16-32-28)20(17-39-27)14-29(33)34/h6,9,12-13,15-16,20,25H,5,7-8,10-11,14,17H2,1-4H3,(H,33,34). The molecule has 2 atom stereocenters. The lowest BCUT2D eigenvalue weighted by molar-refractivity contribution is -0.137. The molecular formula is C31H35NO8S. The maximum Gasteiger partial charge on any atom is 0.304 e. The number of carbonyl (C=O) groups is 1. The predicted octanol–water partition coefficient (Wildman–Crippen LogP) is 5.20. The molecular weight excluding hydrogens is 546 g/mol. The SMILES string of the molecule is COc1ccc2c(c1-c1c(C)cc(OCCCS(C)(=O)=O)cc1C)CCC2Oc1cc2c(cn1)C(CC(=O)O)CO2. The van der Waals surface area contributed by atoms with Gasteiger partial charge in [0.05, 0.1) is 32.5 Å². The summed E-state index contributed by atoms with van der Waals surface area (Å²) in [6.45, 7) is 4.74. The topological polar surface area (TPSA) is 121 Å². The Hall–Kier alpha value is -3.79. The molecule has 10 heteroatoms. The van der Waals surface area contributed by atoms with Crippen LogP contribution in [0.15, 0.2) is 36.5 Å². The third-order valence-corrected chi connectivity index (χ3v) is 8.68. The number of aliphatic carboxylic acids is 1. The van der Waals surface area contributed by atoms with Gasteiger partial charge in [0.25, 0.3) is 0 Å². The Labute approximate surface area is 240 Å². The van der Waals surface area contributed by atoms with Crippen LogP contribution in [0.1, 0.15) is 59.1 Å². The molecule has 0 bridgehead atoms. The maximum atomic E-state index is 11.4. The lowest BCUT2D eigenvalue weighted by Gasteiger charge is -2.20. The molecule has 9 nitrogen and oxygen atoms in total. The number of sulfone groups is 1. The van der Waals surface area contributed by atoms with Crippen molar-refractivity contribution >= 4 is 15.8 Å². The van der Waals surface area contributed by atoms with Crippen LogP contribution in [0.25, 0.3) is 11.1 Å². The number of hydrogen-bond donors (Lipinski definition) is 1. The molecule has 2 aliphatic rings. The van der Waals surface area contributed by atoms with Gasteiger partial charge in [-0.3, -0.25) is 4.79 Å². The molecule has 3 aromatic rings. The molecule has 0 fully saturated rings. The lowest BCUT2D eigenvalue weighted by atomic mass is 9.89. The zero-order valence-electron chi connectivity index (χ0n) is 23.7. The van der Waals surface area contributed by atoms with E-state index in [4.69, 9.17) is 24.1 Å². The summed E-state index contributed by atoms with van der Waals surface area (Å²) in [5.74, 6) is 1.59. The Bertz CT molecular complexity index is 1560. The molecule has 0 amide bonds. The van der Waals surface area contributed by atoms with Gasteiger partial charge in [-0.25, -0.2) is 13.4 Å². The number of carboxylic acid groups (broad SMARTS) is 1. The summed E-state index contributed by atoms with van der Waals surface area (Å²) >= 11 is 0. The van der Waals surface area contributed by atoms with E-state index in [1.807, 2.05) is 38.1 Å². The first kappa shape index (κ1) is 28.7. The summed E-state index contributed by atoms with van der Waals surface area (Å²) < 4.78 is 46.6. The Balaban J connectivity index is 1.39. The molecule has 5 rings (SSSR count). The number of rotatable bonds is 11. The average Bonchev–Trinajstić information content (AvgIpc) is 3.49. The molecule has 2 aromatic carbocycles. The van der Waals surface area contributed by atoms with Crippen LogP contribution in [0, 0.1) is 13.8 Å². The third kappa shape index (κ3) is 6.27. The van der Waals surface area contributed by atoms with Crippen molar-refractivity contribution in [1.29, 1.82) is 0 Å². The minimum Gasteiger partial charge on any atom is -0.496 e. The van der Waals surface area contributed by atoms with Crippen LogP contribution < -0.4 is 18.9 Å². The fourth-order valence-electron chi connectivity index (χ4n) is 5.85. The van der Waals surface area contributed by atoms with Crippen LogP contribution in [0.4, 0.5) is 0 Å². The number of fused-ring (bicyclic) bond motifs is 2. The van der Waals surface area contributed by atoms with E-state index in [1.165, 1.54) is 11.8 Å². The summed E-state index contributed by atoms with van der Waals surface area (Å²) in [6.07, 6.45) is 4.71. The molecule has 0 saturated heterocycles. The van der Waals surface area contributed by atoms with E-state index in [2.05, 4.69) is 4.98 Å². The van der Waals surface area contributed by atoms with Crippen LogP contribution in [0.2, 0.25) is 0 Å². The minimum atomic E-state index is -3.02. The van der Waals surface area contributed by atoms with Gasteiger partial charge in [0.15, 0.2) is 0 Å². The second-order valence-electron chi connectivity index (χ2n) is 10.8. The lowest BCUT2D eigenvalue weighted by Crippen LogP contribution is -2.08. The van der Waals surface area contributed by atoms with Gasteiger partial charge in [-0.2, -0.15) is 0 Å². The number of aryl methyl sites for hydroxylation is 2. The van der Waals surface area contributed by atoms with Crippen LogP contribution >= 0.6 is 0 Å². The number of aromatic nitrogens is 1. The zero-order valence-corrected chi connectivity index (χ0v) is 24.5. The van der Waals surface area contributed by atoms with Crippen LogP contribution in [0.5, 0.6) is 23.1 Å². The Morgan fingerprint density at radius 2 is 1.88 bits per heavy atom. The number of ether oxygens (including phenoxy) is 4. The van der Waals surface area contributed by atoms with E-state index in [9.17, 15) is 13.2 Å². The van der Waals surface area contributed by atoms with Crippen LogP contribution in [-0.4, -0.2) is 56.8 Å². The van der Waals surface area contributed by atoms with Crippen molar-refractivity contribution in [2.75, 3.05) is 32.3 Å². The highest BCUT2D eigenvalue weighted by molar-refractivity contribution is 7.90. The fraction of sp³-hybridized carbons (Fsp3) is 0.419. The van der Waals surface area contributed by atoms with Gasteiger partial charge >= 0.3 is 5.97 Å². The molecule has 0 spiro atoms. The van der Waals surface area contributed by atoms with E-state index >= 15 is 0 Å². The molecule has 1 aliphatic heterocycles. The number of methoxy groups -OCH3 is 1. The smallest absolute Gasteiger partial charge is 0.304 e.